The van der Waals surface area contributed by atoms with E-state index < -0.39 is 5.60 Å². The zero-order chi connectivity index (χ0) is 13.8. The molecule has 0 fully saturated rings. The van der Waals surface area contributed by atoms with Crippen LogP contribution in [0.25, 0.3) is 0 Å². The Morgan fingerprint density at radius 3 is 2.50 bits per heavy atom. The molecule has 4 N–H and O–H groups in total. The van der Waals surface area contributed by atoms with E-state index in [2.05, 4.69) is 5.32 Å². The minimum Gasteiger partial charge on any atom is -0.398 e. The molecule has 4 heteroatoms. The van der Waals surface area contributed by atoms with Crippen molar-refractivity contribution in [1.29, 1.82) is 0 Å². The summed E-state index contributed by atoms with van der Waals surface area (Å²) in [6.07, 6.45) is 1.21. The van der Waals surface area contributed by atoms with Crippen LogP contribution < -0.4 is 11.1 Å². The number of benzene rings is 1. The van der Waals surface area contributed by atoms with Crippen molar-refractivity contribution in [2.24, 2.45) is 0 Å². The van der Waals surface area contributed by atoms with Gasteiger partial charge in [-0.25, -0.2) is 0 Å². The Morgan fingerprint density at radius 1 is 1.39 bits per heavy atom. The van der Waals surface area contributed by atoms with Gasteiger partial charge in [-0.1, -0.05) is 26.0 Å². The van der Waals surface area contributed by atoms with Crippen LogP contribution in [-0.2, 0) is 0 Å². The van der Waals surface area contributed by atoms with E-state index in [0.717, 1.165) is 5.56 Å². The van der Waals surface area contributed by atoms with Crippen molar-refractivity contribution in [3.8, 4) is 0 Å². The Bertz CT molecular complexity index is 406. The second kappa shape index (κ2) is 5.87. The number of carbonyl (C=O) groups is 1. The predicted octanol–water partition coefficient (Wildman–Crippen LogP) is 1.86. The number of nitrogen functional groups attached to an aromatic ring is 1. The van der Waals surface area contributed by atoms with Crippen molar-refractivity contribution >= 4 is 11.6 Å². The molecule has 0 unspecified atom stereocenters. The third kappa shape index (κ3) is 3.23. The van der Waals surface area contributed by atoms with Crippen LogP contribution in [0.1, 0.15) is 42.6 Å². The van der Waals surface area contributed by atoms with E-state index in [1.54, 1.807) is 6.07 Å². The summed E-state index contributed by atoms with van der Waals surface area (Å²) < 4.78 is 0. The van der Waals surface area contributed by atoms with Gasteiger partial charge in [-0.2, -0.15) is 0 Å². The van der Waals surface area contributed by atoms with Crippen molar-refractivity contribution in [2.75, 3.05) is 12.3 Å². The zero-order valence-electron chi connectivity index (χ0n) is 11.3. The maximum Gasteiger partial charge on any atom is 0.253 e. The highest BCUT2D eigenvalue weighted by Crippen LogP contribution is 2.17. The highest BCUT2D eigenvalue weighted by molar-refractivity contribution is 6.00. The van der Waals surface area contributed by atoms with E-state index >= 15 is 0 Å². The maximum atomic E-state index is 12.1. The first kappa shape index (κ1) is 14.5. The van der Waals surface area contributed by atoms with Gasteiger partial charge in [0.05, 0.1) is 11.2 Å². The normalized spacial score (nSPS) is 11.3. The molecule has 1 amide bonds. The third-order valence-corrected chi connectivity index (χ3v) is 3.43. The van der Waals surface area contributed by atoms with Crippen molar-refractivity contribution < 1.29 is 9.90 Å². The molecule has 0 radical (unpaired) electrons. The average Bonchev–Trinajstić information content (AvgIpc) is 2.36. The summed E-state index contributed by atoms with van der Waals surface area (Å²) in [6, 6.07) is 5.36. The first-order valence-corrected chi connectivity index (χ1v) is 6.29. The molecule has 0 aliphatic carbocycles. The molecule has 100 valence electrons. The van der Waals surface area contributed by atoms with Crippen LogP contribution in [0.15, 0.2) is 18.2 Å². The Labute approximate surface area is 108 Å². The number of rotatable bonds is 5. The number of anilines is 1. The smallest absolute Gasteiger partial charge is 0.253 e. The summed E-state index contributed by atoms with van der Waals surface area (Å²) in [4.78, 5) is 12.1. The topological polar surface area (TPSA) is 75.3 Å². The lowest BCUT2D eigenvalue weighted by molar-refractivity contribution is 0.0314. The molecule has 0 aliphatic heterocycles. The lowest BCUT2D eigenvalue weighted by Gasteiger charge is -2.25. The molecule has 0 heterocycles. The minimum absolute atomic E-state index is 0.231. The van der Waals surface area contributed by atoms with Gasteiger partial charge in [-0.15, -0.1) is 0 Å². The van der Waals surface area contributed by atoms with Crippen LogP contribution in [0.4, 0.5) is 5.69 Å². The third-order valence-electron chi connectivity index (χ3n) is 3.43. The summed E-state index contributed by atoms with van der Waals surface area (Å²) in [5, 5.41) is 12.9. The quantitative estimate of drug-likeness (QED) is 0.698. The molecule has 0 saturated heterocycles. The van der Waals surface area contributed by atoms with Crippen LogP contribution in [0.5, 0.6) is 0 Å². The van der Waals surface area contributed by atoms with Gasteiger partial charge in [0.1, 0.15) is 0 Å². The lowest BCUT2D eigenvalue weighted by atomic mass is 9.97. The number of nitrogens with one attached hydrogen (secondary N) is 1. The van der Waals surface area contributed by atoms with E-state index in [4.69, 9.17) is 5.73 Å². The number of hydrogen-bond donors (Lipinski definition) is 3. The molecular weight excluding hydrogens is 228 g/mol. The first-order chi connectivity index (χ1) is 8.43. The van der Waals surface area contributed by atoms with Gasteiger partial charge in [0.15, 0.2) is 0 Å². The second-order valence-electron chi connectivity index (χ2n) is 4.65. The van der Waals surface area contributed by atoms with Crippen LogP contribution >= 0.6 is 0 Å². The number of amides is 1. The fourth-order valence-electron chi connectivity index (χ4n) is 1.83. The number of nitrogens with two attached hydrogens (primary N) is 1. The second-order valence-corrected chi connectivity index (χ2v) is 4.65. The number of aryl methyl sites for hydroxylation is 1. The molecule has 0 bridgehead atoms. The monoisotopic (exact) mass is 250 g/mol. The fraction of sp³-hybridized carbons (Fsp3) is 0.500. The minimum atomic E-state index is -0.840. The van der Waals surface area contributed by atoms with Gasteiger partial charge in [-0.05, 0) is 31.4 Å². The van der Waals surface area contributed by atoms with E-state index in [1.165, 1.54) is 0 Å². The van der Waals surface area contributed by atoms with Crippen LogP contribution in [-0.4, -0.2) is 23.2 Å². The fourth-order valence-corrected chi connectivity index (χ4v) is 1.83. The highest BCUT2D eigenvalue weighted by atomic mass is 16.3. The van der Waals surface area contributed by atoms with E-state index in [-0.39, 0.29) is 12.5 Å². The standard InChI is InChI=1S/C14H22N2O2/c1-4-14(18,5-2)9-16-13(17)12-10(3)7-6-8-11(12)15/h6-8,18H,4-5,9,15H2,1-3H3,(H,16,17). The van der Waals surface area contributed by atoms with E-state index in [0.29, 0.717) is 24.1 Å². The molecule has 0 atom stereocenters. The van der Waals surface area contributed by atoms with Gasteiger partial charge in [0.25, 0.3) is 5.91 Å². The van der Waals surface area contributed by atoms with Crippen molar-refractivity contribution in [3.63, 3.8) is 0 Å². The number of hydrogen-bond acceptors (Lipinski definition) is 3. The molecule has 1 aromatic rings. The van der Waals surface area contributed by atoms with Crippen molar-refractivity contribution in [1.82, 2.24) is 5.32 Å². The maximum absolute atomic E-state index is 12.1. The summed E-state index contributed by atoms with van der Waals surface area (Å²) in [5.41, 5.74) is 6.75. The van der Waals surface area contributed by atoms with Gasteiger partial charge in [-0.3, -0.25) is 4.79 Å². The van der Waals surface area contributed by atoms with E-state index in [9.17, 15) is 9.90 Å². The molecule has 1 rings (SSSR count). The van der Waals surface area contributed by atoms with E-state index in [1.807, 2.05) is 32.9 Å². The molecule has 0 aliphatic rings. The molecule has 0 aromatic heterocycles. The predicted molar refractivity (Wildman–Crippen MR) is 73.5 cm³/mol. The summed E-state index contributed by atoms with van der Waals surface area (Å²) >= 11 is 0. The Morgan fingerprint density at radius 2 is 2.00 bits per heavy atom. The van der Waals surface area contributed by atoms with Crippen LogP contribution in [0.3, 0.4) is 0 Å². The Balaban J connectivity index is 2.78. The number of carbonyl (C=O) groups excluding carboxylic acids is 1. The van der Waals surface area contributed by atoms with Crippen molar-refractivity contribution in [3.05, 3.63) is 29.3 Å². The van der Waals surface area contributed by atoms with Gasteiger partial charge < -0.3 is 16.2 Å². The van der Waals surface area contributed by atoms with Crippen LogP contribution in [0.2, 0.25) is 0 Å². The average molecular weight is 250 g/mol. The SMILES string of the molecule is CCC(O)(CC)CNC(=O)c1c(C)cccc1N. The Hall–Kier alpha value is -1.55. The van der Waals surface area contributed by atoms with Gasteiger partial charge >= 0.3 is 0 Å². The van der Waals surface area contributed by atoms with Gasteiger partial charge in [0, 0.05) is 12.2 Å². The zero-order valence-corrected chi connectivity index (χ0v) is 11.3. The largest absolute Gasteiger partial charge is 0.398 e. The Kier molecular flexibility index (Phi) is 4.73. The molecule has 18 heavy (non-hydrogen) atoms. The van der Waals surface area contributed by atoms with Crippen LogP contribution in [0, 0.1) is 6.92 Å². The molecule has 0 saturated carbocycles. The lowest BCUT2D eigenvalue weighted by Crippen LogP contribution is -2.42. The number of aliphatic hydroxyl groups is 1. The summed E-state index contributed by atoms with van der Waals surface area (Å²) in [7, 11) is 0. The molecule has 1 aromatic carbocycles. The first-order valence-electron chi connectivity index (χ1n) is 6.29. The molecule has 4 nitrogen and oxygen atoms in total. The molecular formula is C14H22N2O2. The molecule has 0 spiro atoms. The summed E-state index contributed by atoms with van der Waals surface area (Å²) in [6.45, 7) is 5.89. The van der Waals surface area contributed by atoms with Gasteiger partial charge in [0.2, 0.25) is 0 Å². The van der Waals surface area contributed by atoms with Crippen molar-refractivity contribution in [2.45, 2.75) is 39.2 Å². The summed E-state index contributed by atoms with van der Waals surface area (Å²) in [5.74, 6) is -0.231. The highest BCUT2D eigenvalue weighted by Gasteiger charge is 2.23.